The molecule has 1 N–H and O–H groups in total. The van der Waals surface area contributed by atoms with Crippen LogP contribution in [0.15, 0.2) is 48.5 Å². The van der Waals surface area contributed by atoms with Crippen molar-refractivity contribution >= 4 is 17.3 Å². The topological polar surface area (TPSA) is 75.5 Å². The number of carbonyl (C=O) groups is 1. The molecule has 0 unspecified atom stereocenters. The van der Waals surface area contributed by atoms with E-state index in [0.29, 0.717) is 18.7 Å². The van der Waals surface area contributed by atoms with Gasteiger partial charge in [-0.05, 0) is 29.7 Å². The summed E-state index contributed by atoms with van der Waals surface area (Å²) >= 11 is 0. The van der Waals surface area contributed by atoms with E-state index in [9.17, 15) is 14.9 Å². The average Bonchev–Trinajstić information content (AvgIpc) is 2.60. The molecule has 2 aromatic carbocycles. The Morgan fingerprint density at radius 1 is 1.12 bits per heavy atom. The van der Waals surface area contributed by atoms with E-state index in [2.05, 4.69) is 28.4 Å². The van der Waals surface area contributed by atoms with E-state index in [0.717, 1.165) is 19.5 Å². The highest BCUT2D eigenvalue weighted by atomic mass is 16.6. The number of non-ortho nitro benzene ring substituents is 1. The van der Waals surface area contributed by atoms with Crippen LogP contribution in [0.2, 0.25) is 0 Å². The number of nitro benzene ring substituents is 1. The summed E-state index contributed by atoms with van der Waals surface area (Å²) in [5.41, 5.74) is 3.32. The number of rotatable bonds is 5. The first kappa shape index (κ1) is 16.1. The van der Waals surface area contributed by atoms with E-state index in [4.69, 9.17) is 0 Å². The third kappa shape index (κ3) is 3.97. The number of benzene rings is 2. The average molecular weight is 325 g/mol. The molecule has 0 aromatic heterocycles. The van der Waals surface area contributed by atoms with Crippen LogP contribution in [0.5, 0.6) is 0 Å². The molecule has 0 saturated carbocycles. The second kappa shape index (κ2) is 7.23. The van der Waals surface area contributed by atoms with Crippen LogP contribution < -0.4 is 5.32 Å². The zero-order valence-corrected chi connectivity index (χ0v) is 13.3. The van der Waals surface area contributed by atoms with Gasteiger partial charge >= 0.3 is 0 Å². The van der Waals surface area contributed by atoms with Gasteiger partial charge in [-0.15, -0.1) is 0 Å². The number of nitrogens with zero attached hydrogens (tertiary/aromatic N) is 2. The van der Waals surface area contributed by atoms with Crippen molar-refractivity contribution in [3.8, 4) is 0 Å². The van der Waals surface area contributed by atoms with E-state index in [-0.39, 0.29) is 11.6 Å². The normalized spacial score (nSPS) is 14.0. The van der Waals surface area contributed by atoms with Crippen LogP contribution in [0.1, 0.15) is 17.5 Å². The summed E-state index contributed by atoms with van der Waals surface area (Å²) in [6.07, 6.45) is 1.42. The van der Waals surface area contributed by atoms with Crippen LogP contribution in [0.4, 0.5) is 11.4 Å². The zero-order valence-electron chi connectivity index (χ0n) is 13.3. The first-order chi connectivity index (χ1) is 11.6. The number of hydrogen-bond donors (Lipinski definition) is 1. The molecule has 1 heterocycles. The van der Waals surface area contributed by atoms with Crippen LogP contribution in [0.3, 0.4) is 0 Å². The maximum absolute atomic E-state index is 12.0. The minimum absolute atomic E-state index is 0.0139. The number of anilines is 1. The predicted octanol–water partition coefficient (Wildman–Crippen LogP) is 2.98. The Kier molecular flexibility index (Phi) is 4.86. The molecule has 1 amide bonds. The van der Waals surface area contributed by atoms with Gasteiger partial charge in [-0.3, -0.25) is 19.8 Å². The summed E-state index contributed by atoms with van der Waals surface area (Å²) in [6.45, 7) is 2.54. The number of fused-ring (bicyclic) bond motifs is 1. The third-order valence-corrected chi connectivity index (χ3v) is 4.23. The molecule has 0 bridgehead atoms. The number of carbonyl (C=O) groups excluding carboxylic acids is 1. The molecule has 0 aliphatic carbocycles. The third-order valence-electron chi connectivity index (χ3n) is 4.23. The summed E-state index contributed by atoms with van der Waals surface area (Å²) in [5.74, 6) is -0.0808. The van der Waals surface area contributed by atoms with Gasteiger partial charge in [-0.1, -0.05) is 24.3 Å². The van der Waals surface area contributed by atoms with Gasteiger partial charge in [0.15, 0.2) is 0 Å². The minimum atomic E-state index is -0.459. The first-order valence-electron chi connectivity index (χ1n) is 7.95. The lowest BCUT2D eigenvalue weighted by molar-refractivity contribution is -0.384. The molecule has 1 aliphatic heterocycles. The van der Waals surface area contributed by atoms with Gasteiger partial charge in [0.05, 0.1) is 4.92 Å². The Morgan fingerprint density at radius 3 is 2.54 bits per heavy atom. The molecule has 124 valence electrons. The van der Waals surface area contributed by atoms with E-state index in [1.54, 1.807) is 12.1 Å². The lowest BCUT2D eigenvalue weighted by atomic mass is 10.00. The fourth-order valence-electron chi connectivity index (χ4n) is 2.89. The summed E-state index contributed by atoms with van der Waals surface area (Å²) in [6, 6.07) is 14.3. The second-order valence-corrected chi connectivity index (χ2v) is 5.90. The molecule has 6 heteroatoms. The summed E-state index contributed by atoms with van der Waals surface area (Å²) in [4.78, 5) is 24.5. The minimum Gasteiger partial charge on any atom is -0.326 e. The molecular weight excluding hydrogens is 306 g/mol. The molecule has 6 nitrogen and oxygen atoms in total. The van der Waals surface area contributed by atoms with Crippen LogP contribution >= 0.6 is 0 Å². The highest BCUT2D eigenvalue weighted by Crippen LogP contribution is 2.19. The Labute approximate surface area is 140 Å². The molecule has 1 aliphatic rings. The van der Waals surface area contributed by atoms with Gasteiger partial charge in [0.25, 0.3) is 5.69 Å². The van der Waals surface area contributed by atoms with Crippen LogP contribution in [0, 0.1) is 10.1 Å². The SMILES string of the molecule is O=C(CCN1CCc2ccccc2C1)Nc1ccc([N+](=O)[O-])cc1. The van der Waals surface area contributed by atoms with Crippen LogP contribution in [-0.4, -0.2) is 28.8 Å². The van der Waals surface area contributed by atoms with Gasteiger partial charge in [0.1, 0.15) is 0 Å². The number of nitro groups is 1. The molecule has 0 spiro atoms. The van der Waals surface area contributed by atoms with Gasteiger partial charge in [0, 0.05) is 43.9 Å². The summed E-state index contributed by atoms with van der Waals surface area (Å²) in [7, 11) is 0. The number of nitrogens with one attached hydrogen (secondary N) is 1. The zero-order chi connectivity index (χ0) is 16.9. The summed E-state index contributed by atoms with van der Waals surface area (Å²) < 4.78 is 0. The van der Waals surface area contributed by atoms with E-state index in [1.807, 2.05) is 6.07 Å². The number of amides is 1. The standard InChI is InChI=1S/C18H19N3O3/c22-18(19-16-5-7-17(8-6-16)21(23)24)10-12-20-11-9-14-3-1-2-4-15(14)13-20/h1-8H,9-13H2,(H,19,22). The molecule has 2 aromatic rings. The van der Waals surface area contributed by atoms with Crippen molar-refractivity contribution < 1.29 is 9.72 Å². The van der Waals surface area contributed by atoms with Crippen molar-refractivity contribution in [2.75, 3.05) is 18.4 Å². The van der Waals surface area contributed by atoms with Crippen molar-refractivity contribution in [1.82, 2.24) is 4.90 Å². The quantitative estimate of drug-likeness (QED) is 0.677. The Hall–Kier alpha value is -2.73. The van der Waals surface area contributed by atoms with Crippen molar-refractivity contribution in [3.63, 3.8) is 0 Å². The van der Waals surface area contributed by atoms with Gasteiger partial charge < -0.3 is 5.32 Å². The Bertz CT molecular complexity index is 743. The molecule has 0 atom stereocenters. The largest absolute Gasteiger partial charge is 0.326 e. The highest BCUT2D eigenvalue weighted by Gasteiger charge is 2.16. The molecule has 0 fully saturated rings. The number of hydrogen-bond acceptors (Lipinski definition) is 4. The Morgan fingerprint density at radius 2 is 1.83 bits per heavy atom. The van der Waals surface area contributed by atoms with Crippen molar-refractivity contribution in [3.05, 3.63) is 69.8 Å². The van der Waals surface area contributed by atoms with E-state index >= 15 is 0 Å². The van der Waals surface area contributed by atoms with E-state index < -0.39 is 4.92 Å². The first-order valence-corrected chi connectivity index (χ1v) is 7.95. The molecule has 3 rings (SSSR count). The smallest absolute Gasteiger partial charge is 0.269 e. The van der Waals surface area contributed by atoms with E-state index in [1.165, 1.54) is 23.3 Å². The van der Waals surface area contributed by atoms with Gasteiger partial charge in [0.2, 0.25) is 5.91 Å². The highest BCUT2D eigenvalue weighted by molar-refractivity contribution is 5.90. The maximum atomic E-state index is 12.0. The maximum Gasteiger partial charge on any atom is 0.269 e. The van der Waals surface area contributed by atoms with Gasteiger partial charge in [-0.2, -0.15) is 0 Å². The molecular formula is C18H19N3O3. The van der Waals surface area contributed by atoms with Crippen LogP contribution in [0.25, 0.3) is 0 Å². The lowest BCUT2D eigenvalue weighted by Crippen LogP contribution is -2.33. The van der Waals surface area contributed by atoms with Crippen molar-refractivity contribution in [1.29, 1.82) is 0 Å². The summed E-state index contributed by atoms with van der Waals surface area (Å²) in [5, 5.41) is 13.4. The van der Waals surface area contributed by atoms with Crippen LogP contribution in [-0.2, 0) is 17.8 Å². The molecule has 0 saturated heterocycles. The second-order valence-electron chi connectivity index (χ2n) is 5.90. The van der Waals surface area contributed by atoms with Gasteiger partial charge in [-0.25, -0.2) is 0 Å². The Balaban J connectivity index is 1.48. The fraction of sp³-hybridized carbons (Fsp3) is 0.278. The van der Waals surface area contributed by atoms with Crippen molar-refractivity contribution in [2.24, 2.45) is 0 Å². The monoisotopic (exact) mass is 325 g/mol. The predicted molar refractivity (Wildman–Crippen MR) is 91.8 cm³/mol. The lowest BCUT2D eigenvalue weighted by Gasteiger charge is -2.28. The molecule has 0 radical (unpaired) electrons. The fourth-order valence-corrected chi connectivity index (χ4v) is 2.89. The van der Waals surface area contributed by atoms with Crippen molar-refractivity contribution in [2.45, 2.75) is 19.4 Å². The molecule has 24 heavy (non-hydrogen) atoms.